The Morgan fingerprint density at radius 3 is 2.30 bits per heavy atom. The summed E-state index contributed by atoms with van der Waals surface area (Å²) in [5.74, 6) is 0. The fourth-order valence-corrected chi connectivity index (χ4v) is 3.82. The molecule has 0 heterocycles. The van der Waals surface area contributed by atoms with E-state index in [1.165, 1.54) is 24.3 Å². The van der Waals surface area contributed by atoms with Crippen LogP contribution in [0.5, 0.6) is 0 Å². The van der Waals surface area contributed by atoms with Gasteiger partial charge in [0.2, 0.25) is 0 Å². The first-order valence-electron chi connectivity index (χ1n) is 5.22. The van der Waals surface area contributed by atoms with Gasteiger partial charge < -0.3 is 0 Å². The summed E-state index contributed by atoms with van der Waals surface area (Å²) in [5, 5.41) is 0.871. The summed E-state index contributed by atoms with van der Waals surface area (Å²) < 4.78 is 28.1. The molecule has 0 fully saturated rings. The first-order valence-corrected chi connectivity index (χ1v) is 9.05. The predicted octanol–water partition coefficient (Wildman–Crippen LogP) is 5.32. The normalized spacial score (nSPS) is 11.4. The van der Waals surface area contributed by atoms with Crippen LogP contribution in [0.2, 0.25) is 10.0 Å². The van der Waals surface area contributed by atoms with Crippen LogP contribution < -0.4 is 4.72 Å². The van der Waals surface area contributed by atoms with Crippen LogP contribution in [0, 0.1) is 0 Å². The van der Waals surface area contributed by atoms with Crippen LogP contribution in [-0.4, -0.2) is 8.42 Å². The number of hydrogen-bond acceptors (Lipinski definition) is 2. The molecule has 3 nitrogen and oxygen atoms in total. The third-order valence-corrected chi connectivity index (χ3v) is 5.88. The molecular formula is C12H7Br2Cl2NO2S. The molecule has 0 saturated carbocycles. The maximum absolute atomic E-state index is 12.3. The van der Waals surface area contributed by atoms with E-state index in [9.17, 15) is 8.42 Å². The van der Waals surface area contributed by atoms with Crippen molar-refractivity contribution in [3.63, 3.8) is 0 Å². The summed E-state index contributed by atoms with van der Waals surface area (Å²) in [6.45, 7) is 0. The highest BCUT2D eigenvalue weighted by Gasteiger charge is 2.17. The van der Waals surface area contributed by atoms with E-state index in [1.54, 1.807) is 12.1 Å². The van der Waals surface area contributed by atoms with E-state index in [0.29, 0.717) is 24.7 Å². The lowest BCUT2D eigenvalue weighted by Gasteiger charge is -2.10. The van der Waals surface area contributed by atoms with Crippen LogP contribution in [-0.2, 0) is 10.0 Å². The number of anilines is 1. The van der Waals surface area contributed by atoms with E-state index in [0.717, 1.165) is 0 Å². The summed E-state index contributed by atoms with van der Waals surface area (Å²) in [6.07, 6.45) is 0. The fraction of sp³-hybridized carbons (Fsp3) is 0. The van der Waals surface area contributed by atoms with Gasteiger partial charge in [0.1, 0.15) is 0 Å². The van der Waals surface area contributed by atoms with Crippen molar-refractivity contribution < 1.29 is 8.42 Å². The Bertz CT molecular complexity index is 766. The summed E-state index contributed by atoms with van der Waals surface area (Å²) in [5.41, 5.74) is 0.364. The van der Waals surface area contributed by atoms with Crippen molar-refractivity contribution in [3.05, 3.63) is 55.4 Å². The van der Waals surface area contributed by atoms with Gasteiger partial charge in [-0.25, -0.2) is 8.42 Å². The van der Waals surface area contributed by atoms with Gasteiger partial charge in [0.25, 0.3) is 10.0 Å². The molecule has 106 valence electrons. The third kappa shape index (κ3) is 3.68. The lowest BCUT2D eigenvalue weighted by Crippen LogP contribution is -2.13. The zero-order valence-electron chi connectivity index (χ0n) is 9.70. The molecule has 0 saturated heterocycles. The Morgan fingerprint density at radius 1 is 0.950 bits per heavy atom. The summed E-state index contributed by atoms with van der Waals surface area (Å²) in [6, 6.07) is 9.21. The van der Waals surface area contributed by atoms with Crippen LogP contribution in [0.15, 0.2) is 50.2 Å². The van der Waals surface area contributed by atoms with Gasteiger partial charge in [-0.15, -0.1) is 0 Å². The van der Waals surface area contributed by atoms with Gasteiger partial charge in [0.05, 0.1) is 15.6 Å². The summed E-state index contributed by atoms with van der Waals surface area (Å²) >= 11 is 18.2. The van der Waals surface area contributed by atoms with Crippen molar-refractivity contribution in [2.75, 3.05) is 4.72 Å². The van der Waals surface area contributed by atoms with Crippen LogP contribution in [0.1, 0.15) is 0 Å². The second-order valence-electron chi connectivity index (χ2n) is 3.81. The molecule has 2 aromatic rings. The van der Waals surface area contributed by atoms with Crippen LogP contribution in [0.4, 0.5) is 5.69 Å². The summed E-state index contributed by atoms with van der Waals surface area (Å²) in [7, 11) is -3.72. The highest BCUT2D eigenvalue weighted by atomic mass is 79.9. The van der Waals surface area contributed by atoms with E-state index < -0.39 is 10.0 Å². The van der Waals surface area contributed by atoms with Crippen molar-refractivity contribution in [2.24, 2.45) is 0 Å². The molecule has 0 radical (unpaired) electrons. The molecule has 1 N–H and O–H groups in total. The second-order valence-corrected chi connectivity index (χ2v) is 8.04. The number of hydrogen-bond donors (Lipinski definition) is 1. The highest BCUT2D eigenvalue weighted by Crippen LogP contribution is 2.30. The van der Waals surface area contributed by atoms with Crippen LogP contribution in [0.25, 0.3) is 0 Å². The Hall–Kier alpha value is -0.270. The Balaban J connectivity index is 2.40. The SMILES string of the molecule is O=S(=O)(Nc1cc(Cl)ccc1Br)c1ccc(Cl)c(Br)c1. The van der Waals surface area contributed by atoms with E-state index in [2.05, 4.69) is 36.6 Å². The molecule has 8 heteroatoms. The average molecular weight is 460 g/mol. The molecule has 0 bridgehead atoms. The smallest absolute Gasteiger partial charge is 0.261 e. The molecule has 2 aromatic carbocycles. The molecule has 0 aromatic heterocycles. The molecule has 0 spiro atoms. The minimum Gasteiger partial charge on any atom is -0.278 e. The minimum atomic E-state index is -3.72. The molecule has 20 heavy (non-hydrogen) atoms. The van der Waals surface area contributed by atoms with Crippen molar-refractivity contribution in [1.29, 1.82) is 0 Å². The molecule has 0 aliphatic heterocycles. The maximum Gasteiger partial charge on any atom is 0.261 e. The number of sulfonamides is 1. The second kappa shape index (κ2) is 6.23. The lowest BCUT2D eigenvalue weighted by atomic mass is 10.3. The monoisotopic (exact) mass is 457 g/mol. The van der Waals surface area contributed by atoms with E-state index in [-0.39, 0.29) is 4.90 Å². The molecule has 0 amide bonds. The lowest BCUT2D eigenvalue weighted by molar-refractivity contribution is 0.601. The molecular weight excluding hydrogens is 453 g/mol. The maximum atomic E-state index is 12.3. The van der Waals surface area contributed by atoms with Gasteiger partial charge in [-0.3, -0.25) is 4.72 Å². The first-order chi connectivity index (χ1) is 9.29. The van der Waals surface area contributed by atoms with Crippen LogP contribution >= 0.6 is 55.1 Å². The average Bonchev–Trinajstić information content (AvgIpc) is 2.36. The molecule has 0 aliphatic carbocycles. The molecule has 0 unspecified atom stereocenters. The van der Waals surface area contributed by atoms with Gasteiger partial charge in [-0.2, -0.15) is 0 Å². The van der Waals surface area contributed by atoms with Gasteiger partial charge in [0, 0.05) is 14.0 Å². The Labute approximate surface area is 143 Å². The van der Waals surface area contributed by atoms with Gasteiger partial charge >= 0.3 is 0 Å². The fourth-order valence-electron chi connectivity index (χ4n) is 1.42. The van der Waals surface area contributed by atoms with E-state index in [4.69, 9.17) is 23.2 Å². The molecule has 2 rings (SSSR count). The largest absolute Gasteiger partial charge is 0.278 e. The Kier molecular flexibility index (Phi) is 5.02. The predicted molar refractivity (Wildman–Crippen MR) is 89.1 cm³/mol. The van der Waals surface area contributed by atoms with Crippen LogP contribution in [0.3, 0.4) is 0 Å². The zero-order chi connectivity index (χ0) is 14.9. The van der Waals surface area contributed by atoms with Gasteiger partial charge in [0.15, 0.2) is 0 Å². The van der Waals surface area contributed by atoms with Crippen molar-refractivity contribution in [1.82, 2.24) is 0 Å². The van der Waals surface area contributed by atoms with Gasteiger partial charge in [-0.05, 0) is 68.3 Å². The quantitative estimate of drug-likeness (QED) is 0.675. The van der Waals surface area contributed by atoms with Crippen molar-refractivity contribution in [3.8, 4) is 0 Å². The topological polar surface area (TPSA) is 46.2 Å². The number of rotatable bonds is 3. The number of benzene rings is 2. The first kappa shape index (κ1) is 16.1. The zero-order valence-corrected chi connectivity index (χ0v) is 15.2. The third-order valence-electron chi connectivity index (χ3n) is 2.37. The molecule has 0 atom stereocenters. The van der Waals surface area contributed by atoms with E-state index in [1.807, 2.05) is 0 Å². The number of nitrogens with one attached hydrogen (secondary N) is 1. The Morgan fingerprint density at radius 2 is 1.65 bits per heavy atom. The molecule has 0 aliphatic rings. The van der Waals surface area contributed by atoms with Crippen molar-refractivity contribution in [2.45, 2.75) is 4.90 Å². The minimum absolute atomic E-state index is 0.0978. The van der Waals surface area contributed by atoms with Crippen molar-refractivity contribution >= 4 is 70.8 Å². The van der Waals surface area contributed by atoms with E-state index >= 15 is 0 Å². The standard InChI is InChI=1S/C12H7Br2Cl2NO2S/c13-9-3-1-7(15)5-12(9)17-20(18,19)8-2-4-11(16)10(14)6-8/h1-6,17H. The highest BCUT2D eigenvalue weighted by molar-refractivity contribution is 9.11. The summed E-state index contributed by atoms with van der Waals surface area (Å²) in [4.78, 5) is 0.0978. The van der Waals surface area contributed by atoms with Gasteiger partial charge in [-0.1, -0.05) is 23.2 Å². The number of halogens is 4.